The molecule has 0 atom stereocenters. The molecule has 0 saturated carbocycles. The Balaban J connectivity index is 1.70. The second-order valence-electron chi connectivity index (χ2n) is 5.94. The van der Waals surface area contributed by atoms with E-state index >= 15 is 0 Å². The molecular weight excluding hydrogens is 330 g/mol. The van der Waals surface area contributed by atoms with Gasteiger partial charge in [-0.05, 0) is 43.3 Å². The van der Waals surface area contributed by atoms with Crippen molar-refractivity contribution in [3.05, 3.63) is 64.7 Å². The van der Waals surface area contributed by atoms with Crippen molar-refractivity contribution in [2.75, 3.05) is 11.9 Å². The van der Waals surface area contributed by atoms with Crippen LogP contribution in [0.3, 0.4) is 0 Å². The van der Waals surface area contributed by atoms with E-state index in [0.717, 1.165) is 22.8 Å². The Bertz CT molecular complexity index is 1130. The molecule has 0 amide bonds. The first-order valence-electron chi connectivity index (χ1n) is 8.47. The Labute approximate surface area is 149 Å². The molecule has 0 aliphatic carbocycles. The zero-order chi connectivity index (χ0) is 18.1. The molecule has 2 aromatic carbocycles. The van der Waals surface area contributed by atoms with E-state index < -0.39 is 0 Å². The van der Waals surface area contributed by atoms with E-state index in [2.05, 4.69) is 15.5 Å². The molecular formula is C19H19N5O2. The maximum absolute atomic E-state index is 12.5. The fourth-order valence-electron chi connectivity index (χ4n) is 3.02. The summed E-state index contributed by atoms with van der Waals surface area (Å²) in [6.45, 7) is 3.09. The number of para-hydroxylation sites is 1. The number of ether oxygens (including phenoxy) is 1. The van der Waals surface area contributed by atoms with E-state index in [-0.39, 0.29) is 5.56 Å². The van der Waals surface area contributed by atoms with Crippen LogP contribution < -0.4 is 15.6 Å². The molecule has 0 radical (unpaired) electrons. The summed E-state index contributed by atoms with van der Waals surface area (Å²) < 4.78 is 8.89. The van der Waals surface area contributed by atoms with Gasteiger partial charge in [0.25, 0.3) is 5.56 Å². The number of hydrogen-bond donors (Lipinski definition) is 1. The quantitative estimate of drug-likeness (QED) is 0.599. The van der Waals surface area contributed by atoms with E-state index in [0.29, 0.717) is 24.3 Å². The fourth-order valence-corrected chi connectivity index (χ4v) is 3.02. The van der Waals surface area contributed by atoms with Gasteiger partial charge in [-0.2, -0.15) is 0 Å². The first-order chi connectivity index (χ1) is 12.7. The second kappa shape index (κ2) is 6.51. The number of nitrogens with zero attached hydrogens (tertiary/aromatic N) is 4. The van der Waals surface area contributed by atoms with Crippen molar-refractivity contribution in [2.24, 2.45) is 7.05 Å². The summed E-state index contributed by atoms with van der Waals surface area (Å²) in [4.78, 5) is 12.5. The highest BCUT2D eigenvalue weighted by Crippen LogP contribution is 2.18. The molecule has 7 nitrogen and oxygen atoms in total. The zero-order valence-corrected chi connectivity index (χ0v) is 14.6. The highest BCUT2D eigenvalue weighted by molar-refractivity contribution is 5.80. The third-order valence-electron chi connectivity index (χ3n) is 4.31. The SMILES string of the molecule is CCOc1ccc(NCc2nnc3n(C)c(=O)c4ccccc4n23)cc1. The van der Waals surface area contributed by atoms with Crippen LogP contribution in [0, 0.1) is 0 Å². The summed E-state index contributed by atoms with van der Waals surface area (Å²) >= 11 is 0. The van der Waals surface area contributed by atoms with Gasteiger partial charge in [-0.15, -0.1) is 10.2 Å². The third kappa shape index (κ3) is 2.67. The van der Waals surface area contributed by atoms with Gasteiger partial charge < -0.3 is 10.1 Å². The Hall–Kier alpha value is -3.35. The van der Waals surface area contributed by atoms with Gasteiger partial charge >= 0.3 is 0 Å². The Morgan fingerprint density at radius 1 is 1.08 bits per heavy atom. The first kappa shape index (κ1) is 16.1. The maximum atomic E-state index is 12.5. The summed E-state index contributed by atoms with van der Waals surface area (Å²) in [6, 6.07) is 15.3. The predicted molar refractivity (Wildman–Crippen MR) is 101 cm³/mol. The number of fused-ring (bicyclic) bond motifs is 3. The van der Waals surface area contributed by atoms with Crippen LogP contribution >= 0.6 is 0 Å². The molecule has 2 heterocycles. The lowest BCUT2D eigenvalue weighted by molar-refractivity contribution is 0.340. The van der Waals surface area contributed by atoms with Crippen molar-refractivity contribution < 1.29 is 4.74 Å². The number of anilines is 1. The van der Waals surface area contributed by atoms with Crippen molar-refractivity contribution in [3.63, 3.8) is 0 Å². The van der Waals surface area contributed by atoms with E-state index in [9.17, 15) is 4.79 Å². The van der Waals surface area contributed by atoms with Crippen LogP contribution in [0.4, 0.5) is 5.69 Å². The minimum Gasteiger partial charge on any atom is -0.494 e. The fraction of sp³-hybridized carbons (Fsp3) is 0.211. The first-order valence-corrected chi connectivity index (χ1v) is 8.47. The van der Waals surface area contributed by atoms with Crippen LogP contribution in [-0.4, -0.2) is 25.8 Å². The van der Waals surface area contributed by atoms with Gasteiger partial charge in [-0.3, -0.25) is 13.8 Å². The average molecular weight is 349 g/mol. The van der Waals surface area contributed by atoms with E-state index in [1.807, 2.05) is 59.9 Å². The third-order valence-corrected chi connectivity index (χ3v) is 4.31. The largest absolute Gasteiger partial charge is 0.494 e. The van der Waals surface area contributed by atoms with Crippen LogP contribution in [0.25, 0.3) is 16.7 Å². The summed E-state index contributed by atoms with van der Waals surface area (Å²) in [6.07, 6.45) is 0. The number of hydrogen-bond acceptors (Lipinski definition) is 5. The van der Waals surface area contributed by atoms with Crippen molar-refractivity contribution in [1.82, 2.24) is 19.2 Å². The van der Waals surface area contributed by atoms with Crippen molar-refractivity contribution in [1.29, 1.82) is 0 Å². The van der Waals surface area contributed by atoms with Gasteiger partial charge in [0.1, 0.15) is 5.75 Å². The summed E-state index contributed by atoms with van der Waals surface area (Å²) in [5.41, 5.74) is 1.69. The van der Waals surface area contributed by atoms with Gasteiger partial charge in [0, 0.05) is 12.7 Å². The number of aromatic nitrogens is 4. The van der Waals surface area contributed by atoms with Gasteiger partial charge in [-0.25, -0.2) is 0 Å². The summed E-state index contributed by atoms with van der Waals surface area (Å²) in [5.74, 6) is 2.10. The van der Waals surface area contributed by atoms with Gasteiger partial charge in [-0.1, -0.05) is 12.1 Å². The van der Waals surface area contributed by atoms with Gasteiger partial charge in [0.15, 0.2) is 5.82 Å². The molecule has 7 heteroatoms. The maximum Gasteiger partial charge on any atom is 0.262 e. The van der Waals surface area contributed by atoms with Crippen LogP contribution in [0.1, 0.15) is 12.7 Å². The molecule has 0 unspecified atom stereocenters. The zero-order valence-electron chi connectivity index (χ0n) is 14.6. The molecule has 0 aliphatic rings. The number of aryl methyl sites for hydroxylation is 1. The minimum absolute atomic E-state index is 0.0773. The molecule has 0 saturated heterocycles. The smallest absolute Gasteiger partial charge is 0.262 e. The Kier molecular flexibility index (Phi) is 4.04. The van der Waals surface area contributed by atoms with E-state index in [1.54, 1.807) is 7.05 Å². The van der Waals surface area contributed by atoms with Gasteiger partial charge in [0.2, 0.25) is 5.78 Å². The molecule has 26 heavy (non-hydrogen) atoms. The average Bonchev–Trinajstić information content (AvgIpc) is 3.10. The highest BCUT2D eigenvalue weighted by atomic mass is 16.5. The number of nitrogens with one attached hydrogen (secondary N) is 1. The van der Waals surface area contributed by atoms with Crippen LogP contribution in [0.15, 0.2) is 53.3 Å². The minimum atomic E-state index is -0.0773. The molecule has 0 bridgehead atoms. The van der Waals surface area contributed by atoms with Crippen LogP contribution in [0.5, 0.6) is 5.75 Å². The normalized spacial score (nSPS) is 11.2. The summed E-state index contributed by atoms with van der Waals surface area (Å²) in [7, 11) is 1.71. The Morgan fingerprint density at radius 3 is 2.62 bits per heavy atom. The van der Waals surface area contributed by atoms with E-state index in [4.69, 9.17) is 4.74 Å². The van der Waals surface area contributed by atoms with Crippen molar-refractivity contribution >= 4 is 22.4 Å². The standard InChI is InChI=1S/C19H19N5O2/c1-3-26-14-10-8-13(9-11-14)20-12-17-21-22-19-23(2)18(25)15-6-4-5-7-16(15)24(17)19/h4-11,20H,3,12H2,1-2H3. The number of rotatable bonds is 5. The van der Waals surface area contributed by atoms with Crippen molar-refractivity contribution in [3.8, 4) is 5.75 Å². The van der Waals surface area contributed by atoms with Crippen LogP contribution in [-0.2, 0) is 13.6 Å². The molecule has 2 aromatic heterocycles. The van der Waals surface area contributed by atoms with E-state index in [1.165, 1.54) is 4.57 Å². The molecule has 132 valence electrons. The van der Waals surface area contributed by atoms with Gasteiger partial charge in [0.05, 0.1) is 24.1 Å². The molecule has 0 aliphatic heterocycles. The number of benzene rings is 2. The summed E-state index contributed by atoms with van der Waals surface area (Å²) in [5, 5.41) is 12.5. The highest BCUT2D eigenvalue weighted by Gasteiger charge is 2.14. The molecule has 0 spiro atoms. The molecule has 0 fully saturated rings. The topological polar surface area (TPSA) is 73.4 Å². The Morgan fingerprint density at radius 2 is 1.85 bits per heavy atom. The molecule has 4 rings (SSSR count). The molecule has 4 aromatic rings. The van der Waals surface area contributed by atoms with Crippen molar-refractivity contribution in [2.45, 2.75) is 13.5 Å². The lowest BCUT2D eigenvalue weighted by Gasteiger charge is -2.09. The monoisotopic (exact) mass is 349 g/mol. The van der Waals surface area contributed by atoms with Crippen LogP contribution in [0.2, 0.25) is 0 Å². The lowest BCUT2D eigenvalue weighted by Crippen LogP contribution is -2.20. The second-order valence-corrected chi connectivity index (χ2v) is 5.94. The predicted octanol–water partition coefficient (Wildman–Crippen LogP) is 2.59. The lowest BCUT2D eigenvalue weighted by atomic mass is 10.2. The molecule has 1 N–H and O–H groups in total.